The lowest BCUT2D eigenvalue weighted by molar-refractivity contribution is 0.144. The van der Waals surface area contributed by atoms with Crippen LogP contribution in [-0.4, -0.2) is 27.3 Å². The van der Waals surface area contributed by atoms with Crippen LogP contribution in [-0.2, 0) is 13.6 Å². The van der Waals surface area contributed by atoms with Gasteiger partial charge in [0.15, 0.2) is 0 Å². The van der Waals surface area contributed by atoms with Gasteiger partial charge in [-0.05, 0) is 28.8 Å². The number of hydrogen-bond donors (Lipinski definition) is 0. The lowest BCUT2D eigenvalue weighted by atomic mass is 9.86. The highest BCUT2D eigenvalue weighted by molar-refractivity contribution is 5.71. The monoisotopic (exact) mass is 333 g/mol. The molecule has 3 aromatic rings. The van der Waals surface area contributed by atoms with E-state index in [1.54, 1.807) is 21.7 Å². The highest BCUT2D eigenvalue weighted by Gasteiger charge is 2.30. The Hall–Kier alpha value is -3.08. The summed E-state index contributed by atoms with van der Waals surface area (Å²) in [4.78, 5) is 14.4. The van der Waals surface area contributed by atoms with Crippen molar-refractivity contribution in [2.24, 2.45) is 7.05 Å². The van der Waals surface area contributed by atoms with Crippen molar-refractivity contribution in [3.05, 3.63) is 83.7 Å². The predicted octanol–water partition coefficient (Wildman–Crippen LogP) is 3.57. The van der Waals surface area contributed by atoms with Gasteiger partial charge in [-0.1, -0.05) is 42.5 Å². The molecule has 1 aromatic heterocycles. The molecule has 2 heterocycles. The van der Waals surface area contributed by atoms with Crippen LogP contribution in [0.1, 0.15) is 22.6 Å². The second-order valence-corrected chi connectivity index (χ2v) is 6.26. The number of hydrogen-bond acceptors (Lipinski definition) is 3. The van der Waals surface area contributed by atoms with Gasteiger partial charge in [0.1, 0.15) is 5.75 Å². The van der Waals surface area contributed by atoms with Gasteiger partial charge in [0.2, 0.25) is 0 Å². The minimum absolute atomic E-state index is 0.0990. The SMILES string of the molecule is Cn1cc([C@@H]2CN(C(=O)Oc3ccccc3)Cc3ccccc32)cn1. The summed E-state index contributed by atoms with van der Waals surface area (Å²) in [6.07, 6.45) is 3.55. The molecule has 1 amide bonds. The van der Waals surface area contributed by atoms with E-state index in [9.17, 15) is 4.79 Å². The van der Waals surface area contributed by atoms with Crippen LogP contribution in [0.2, 0.25) is 0 Å². The molecule has 5 nitrogen and oxygen atoms in total. The number of benzene rings is 2. The van der Waals surface area contributed by atoms with Gasteiger partial charge >= 0.3 is 6.09 Å². The van der Waals surface area contributed by atoms with Crippen molar-refractivity contribution >= 4 is 6.09 Å². The lowest BCUT2D eigenvalue weighted by Crippen LogP contribution is -2.40. The summed E-state index contributed by atoms with van der Waals surface area (Å²) in [5, 5.41) is 4.28. The van der Waals surface area contributed by atoms with Crippen LogP contribution in [0.25, 0.3) is 0 Å². The summed E-state index contributed by atoms with van der Waals surface area (Å²) < 4.78 is 7.32. The number of rotatable bonds is 2. The van der Waals surface area contributed by atoms with Crippen molar-refractivity contribution in [3.63, 3.8) is 0 Å². The van der Waals surface area contributed by atoms with E-state index >= 15 is 0 Å². The second kappa shape index (κ2) is 6.43. The van der Waals surface area contributed by atoms with E-state index in [1.807, 2.05) is 49.8 Å². The zero-order valence-corrected chi connectivity index (χ0v) is 14.0. The first-order chi connectivity index (χ1) is 12.2. The Labute approximate surface area is 146 Å². The van der Waals surface area contributed by atoms with Gasteiger partial charge in [-0.3, -0.25) is 4.68 Å². The van der Waals surface area contributed by atoms with Gasteiger partial charge < -0.3 is 9.64 Å². The van der Waals surface area contributed by atoms with Crippen LogP contribution in [0.4, 0.5) is 4.79 Å². The average molecular weight is 333 g/mol. The molecule has 1 atom stereocenters. The van der Waals surface area contributed by atoms with Crippen molar-refractivity contribution in [3.8, 4) is 5.75 Å². The quantitative estimate of drug-likeness (QED) is 0.720. The number of aryl methyl sites for hydroxylation is 1. The minimum atomic E-state index is -0.324. The smallest absolute Gasteiger partial charge is 0.410 e. The Morgan fingerprint density at radius 2 is 1.88 bits per heavy atom. The number of aromatic nitrogens is 2. The largest absolute Gasteiger partial charge is 0.415 e. The standard InChI is InChI=1S/C20H19N3O2/c1-22-12-16(11-21-22)19-14-23(13-15-7-5-6-10-18(15)19)20(24)25-17-8-3-2-4-9-17/h2-12,19H,13-14H2,1H3/t19-/m0/s1. The third-order valence-corrected chi connectivity index (χ3v) is 4.53. The molecule has 0 bridgehead atoms. The number of carbonyl (C=O) groups excluding carboxylic acids is 1. The molecule has 0 N–H and O–H groups in total. The van der Waals surface area contributed by atoms with Gasteiger partial charge in [-0.2, -0.15) is 5.10 Å². The molecular formula is C20H19N3O2. The summed E-state index contributed by atoms with van der Waals surface area (Å²) in [5.74, 6) is 0.659. The third-order valence-electron chi connectivity index (χ3n) is 4.53. The summed E-state index contributed by atoms with van der Waals surface area (Å²) >= 11 is 0. The van der Waals surface area contributed by atoms with E-state index in [2.05, 4.69) is 17.2 Å². The van der Waals surface area contributed by atoms with Gasteiger partial charge in [-0.15, -0.1) is 0 Å². The second-order valence-electron chi connectivity index (χ2n) is 6.26. The fraction of sp³-hybridized carbons (Fsp3) is 0.200. The fourth-order valence-corrected chi connectivity index (χ4v) is 3.31. The molecule has 1 aliphatic heterocycles. The zero-order chi connectivity index (χ0) is 17.2. The van der Waals surface area contributed by atoms with E-state index in [4.69, 9.17) is 4.74 Å². The molecule has 1 aliphatic rings. The van der Waals surface area contributed by atoms with Gasteiger partial charge in [0.25, 0.3) is 0 Å². The first-order valence-corrected chi connectivity index (χ1v) is 8.29. The topological polar surface area (TPSA) is 47.4 Å². The summed E-state index contributed by atoms with van der Waals surface area (Å²) in [6.45, 7) is 1.13. The molecule has 0 aliphatic carbocycles. The predicted molar refractivity (Wildman–Crippen MR) is 94.4 cm³/mol. The number of nitrogens with zero attached hydrogens (tertiary/aromatic N) is 3. The molecule has 126 valence electrons. The molecule has 0 saturated carbocycles. The number of para-hydroxylation sites is 1. The van der Waals surface area contributed by atoms with Crippen LogP contribution >= 0.6 is 0 Å². The Morgan fingerprint density at radius 1 is 1.12 bits per heavy atom. The molecule has 4 rings (SSSR count). The molecular weight excluding hydrogens is 314 g/mol. The number of amides is 1. The lowest BCUT2D eigenvalue weighted by Gasteiger charge is -2.33. The van der Waals surface area contributed by atoms with Crippen LogP contribution in [0.5, 0.6) is 5.75 Å². The van der Waals surface area contributed by atoms with Crippen LogP contribution in [0.3, 0.4) is 0 Å². The Balaban J connectivity index is 1.62. The zero-order valence-electron chi connectivity index (χ0n) is 14.0. The Morgan fingerprint density at radius 3 is 2.64 bits per heavy atom. The van der Waals surface area contributed by atoms with Crippen LogP contribution in [0, 0.1) is 0 Å². The fourth-order valence-electron chi connectivity index (χ4n) is 3.31. The number of fused-ring (bicyclic) bond motifs is 1. The first kappa shape index (κ1) is 15.4. The van der Waals surface area contributed by atoms with E-state index in [1.165, 1.54) is 5.56 Å². The van der Waals surface area contributed by atoms with E-state index in [0.717, 1.165) is 11.1 Å². The van der Waals surface area contributed by atoms with Crippen molar-refractivity contribution in [1.29, 1.82) is 0 Å². The first-order valence-electron chi connectivity index (χ1n) is 8.29. The molecule has 0 saturated heterocycles. The number of carbonyl (C=O) groups is 1. The minimum Gasteiger partial charge on any atom is -0.410 e. The average Bonchev–Trinajstić information content (AvgIpc) is 3.08. The molecule has 0 unspecified atom stereocenters. The van der Waals surface area contributed by atoms with Gasteiger partial charge in [0.05, 0.1) is 6.20 Å². The number of ether oxygens (including phenoxy) is 1. The Bertz CT molecular complexity index is 889. The van der Waals surface area contributed by atoms with Crippen LogP contribution < -0.4 is 4.74 Å². The summed E-state index contributed by atoms with van der Waals surface area (Å²) in [6, 6.07) is 17.4. The maximum atomic E-state index is 12.6. The summed E-state index contributed by atoms with van der Waals surface area (Å²) in [7, 11) is 1.90. The van der Waals surface area contributed by atoms with Gasteiger partial charge in [-0.25, -0.2) is 4.79 Å². The molecule has 0 spiro atoms. The van der Waals surface area contributed by atoms with Gasteiger partial charge in [0, 0.05) is 32.3 Å². The molecule has 5 heteroatoms. The summed E-state index contributed by atoms with van der Waals surface area (Å²) in [5.41, 5.74) is 3.50. The molecule has 2 aromatic carbocycles. The highest BCUT2D eigenvalue weighted by Crippen LogP contribution is 2.33. The third kappa shape index (κ3) is 3.13. The molecule has 0 fully saturated rings. The van der Waals surface area contributed by atoms with Crippen molar-refractivity contribution in [2.75, 3.05) is 6.54 Å². The maximum absolute atomic E-state index is 12.6. The van der Waals surface area contributed by atoms with Crippen molar-refractivity contribution in [1.82, 2.24) is 14.7 Å². The molecule has 0 radical (unpaired) electrons. The highest BCUT2D eigenvalue weighted by atomic mass is 16.6. The van der Waals surface area contributed by atoms with E-state index in [0.29, 0.717) is 18.8 Å². The van der Waals surface area contributed by atoms with Crippen LogP contribution in [0.15, 0.2) is 67.0 Å². The normalized spacial score (nSPS) is 16.4. The maximum Gasteiger partial charge on any atom is 0.415 e. The van der Waals surface area contributed by atoms with Crippen molar-refractivity contribution < 1.29 is 9.53 Å². The van der Waals surface area contributed by atoms with E-state index < -0.39 is 0 Å². The Kier molecular flexibility index (Phi) is 3.98. The van der Waals surface area contributed by atoms with E-state index in [-0.39, 0.29) is 12.0 Å². The van der Waals surface area contributed by atoms with Crippen molar-refractivity contribution in [2.45, 2.75) is 12.5 Å². The molecule has 25 heavy (non-hydrogen) atoms.